The van der Waals surface area contributed by atoms with Crippen LogP contribution in [0.3, 0.4) is 0 Å². The maximum Gasteiger partial charge on any atom is 0.241 e. The number of hydrogen-bond donors (Lipinski definition) is 1. The summed E-state index contributed by atoms with van der Waals surface area (Å²) in [5.74, 6) is 1.81. The van der Waals surface area contributed by atoms with Gasteiger partial charge < -0.3 is 19.7 Å². The summed E-state index contributed by atoms with van der Waals surface area (Å²) in [7, 11) is 0. The van der Waals surface area contributed by atoms with E-state index in [-0.39, 0.29) is 5.91 Å². The van der Waals surface area contributed by atoms with Gasteiger partial charge in [0.15, 0.2) is 0 Å². The van der Waals surface area contributed by atoms with E-state index in [0.717, 1.165) is 43.1 Å². The van der Waals surface area contributed by atoms with Crippen molar-refractivity contribution in [1.82, 2.24) is 4.90 Å². The highest BCUT2D eigenvalue weighted by atomic mass is 16.5. The number of carbonyl (C=O) groups excluding carboxylic acids is 1. The molecule has 0 spiro atoms. The van der Waals surface area contributed by atoms with Crippen molar-refractivity contribution in [3.8, 4) is 11.5 Å². The van der Waals surface area contributed by atoms with Crippen LogP contribution in [0.25, 0.3) is 0 Å². The average molecular weight is 368 g/mol. The first-order chi connectivity index (χ1) is 13.3. The van der Waals surface area contributed by atoms with E-state index in [1.165, 1.54) is 12.8 Å². The molecule has 0 aromatic heterocycles. The third-order valence-electron chi connectivity index (χ3n) is 4.62. The Morgan fingerprint density at radius 3 is 2.04 bits per heavy atom. The Labute approximate surface area is 161 Å². The summed E-state index contributed by atoms with van der Waals surface area (Å²) >= 11 is 0. The van der Waals surface area contributed by atoms with Gasteiger partial charge in [-0.15, -0.1) is 0 Å². The van der Waals surface area contributed by atoms with Crippen molar-refractivity contribution in [3.05, 3.63) is 54.6 Å². The highest BCUT2D eigenvalue weighted by Gasteiger charge is 2.14. The Hall–Kier alpha value is -2.69. The molecule has 0 bridgehead atoms. The third-order valence-corrected chi connectivity index (χ3v) is 4.62. The first-order valence-electron chi connectivity index (χ1n) is 9.73. The summed E-state index contributed by atoms with van der Waals surface area (Å²) in [6, 6.07) is 17.4. The number of nitrogens with one attached hydrogen (secondary N) is 1. The largest absolute Gasteiger partial charge is 0.490 e. The van der Waals surface area contributed by atoms with Crippen LogP contribution < -0.4 is 14.8 Å². The highest BCUT2D eigenvalue weighted by Crippen LogP contribution is 2.16. The summed E-state index contributed by atoms with van der Waals surface area (Å²) in [6.45, 7) is 3.09. The topological polar surface area (TPSA) is 50.8 Å². The van der Waals surface area contributed by atoms with Crippen LogP contribution in [0.15, 0.2) is 54.6 Å². The molecule has 0 radical (unpaired) electrons. The van der Waals surface area contributed by atoms with Crippen LogP contribution in [0.2, 0.25) is 0 Å². The molecule has 0 atom stereocenters. The van der Waals surface area contributed by atoms with Crippen LogP contribution in [0.5, 0.6) is 11.5 Å². The SMILES string of the molecule is O=C(CNc1ccc(OCCOc2ccccc2)cc1)N1CCCCCC1. The molecule has 1 aliphatic rings. The first-order valence-corrected chi connectivity index (χ1v) is 9.73. The number of carbonyl (C=O) groups is 1. The van der Waals surface area contributed by atoms with Gasteiger partial charge in [0.2, 0.25) is 5.91 Å². The highest BCUT2D eigenvalue weighted by molar-refractivity contribution is 5.80. The number of anilines is 1. The number of rotatable bonds is 8. The van der Waals surface area contributed by atoms with Crippen molar-refractivity contribution in [3.63, 3.8) is 0 Å². The summed E-state index contributed by atoms with van der Waals surface area (Å²) in [5, 5.41) is 3.21. The van der Waals surface area contributed by atoms with Crippen molar-refractivity contribution >= 4 is 11.6 Å². The zero-order valence-electron chi connectivity index (χ0n) is 15.7. The fourth-order valence-electron chi connectivity index (χ4n) is 3.11. The molecule has 0 saturated carbocycles. The van der Waals surface area contributed by atoms with Gasteiger partial charge in [-0.3, -0.25) is 4.79 Å². The number of benzene rings is 2. The van der Waals surface area contributed by atoms with E-state index in [4.69, 9.17) is 9.47 Å². The molecule has 2 aromatic carbocycles. The standard InChI is InChI=1S/C22H28N2O3/c25-22(24-14-6-1-2-7-15-24)18-23-19-10-12-21(13-11-19)27-17-16-26-20-8-4-3-5-9-20/h3-5,8-13,23H,1-2,6-7,14-18H2. The van der Waals surface area contributed by atoms with Crippen molar-refractivity contribution in [1.29, 1.82) is 0 Å². The quantitative estimate of drug-likeness (QED) is 0.717. The lowest BCUT2D eigenvalue weighted by Crippen LogP contribution is -2.36. The van der Waals surface area contributed by atoms with E-state index in [9.17, 15) is 4.79 Å². The molecule has 3 rings (SSSR count). The number of hydrogen-bond acceptors (Lipinski definition) is 4. The molecular formula is C22H28N2O3. The van der Waals surface area contributed by atoms with Gasteiger partial charge in [0.25, 0.3) is 0 Å². The first kappa shape index (κ1) is 19.1. The molecule has 1 heterocycles. The van der Waals surface area contributed by atoms with Gasteiger partial charge in [0.1, 0.15) is 24.7 Å². The van der Waals surface area contributed by atoms with Crippen molar-refractivity contribution in [2.45, 2.75) is 25.7 Å². The van der Waals surface area contributed by atoms with Gasteiger partial charge in [0.05, 0.1) is 6.54 Å². The predicted octanol–water partition coefficient (Wildman–Crippen LogP) is 3.96. The molecule has 1 aliphatic heterocycles. The number of likely N-dealkylation sites (tertiary alicyclic amines) is 1. The van der Waals surface area contributed by atoms with Crippen LogP contribution in [0, 0.1) is 0 Å². The molecule has 144 valence electrons. The van der Waals surface area contributed by atoms with Crippen molar-refractivity contribution < 1.29 is 14.3 Å². The minimum atomic E-state index is 0.176. The molecule has 5 nitrogen and oxygen atoms in total. The van der Waals surface area contributed by atoms with Gasteiger partial charge in [0, 0.05) is 18.8 Å². The van der Waals surface area contributed by atoms with Gasteiger partial charge >= 0.3 is 0 Å². The Kier molecular flexibility index (Phi) is 7.39. The van der Waals surface area contributed by atoms with Crippen LogP contribution in [0.1, 0.15) is 25.7 Å². The predicted molar refractivity (Wildman–Crippen MR) is 107 cm³/mol. The van der Waals surface area contributed by atoms with Gasteiger partial charge in [-0.05, 0) is 49.2 Å². The Bertz CT molecular complexity index is 680. The molecule has 1 fully saturated rings. The Morgan fingerprint density at radius 1 is 0.815 bits per heavy atom. The number of para-hydroxylation sites is 1. The molecule has 2 aromatic rings. The van der Waals surface area contributed by atoms with E-state index < -0.39 is 0 Å². The Balaban J connectivity index is 1.36. The summed E-state index contributed by atoms with van der Waals surface area (Å²) in [4.78, 5) is 14.3. The maximum absolute atomic E-state index is 12.3. The summed E-state index contributed by atoms with van der Waals surface area (Å²) in [6.07, 6.45) is 4.70. The smallest absolute Gasteiger partial charge is 0.241 e. The summed E-state index contributed by atoms with van der Waals surface area (Å²) < 4.78 is 11.3. The maximum atomic E-state index is 12.3. The minimum absolute atomic E-state index is 0.176. The minimum Gasteiger partial charge on any atom is -0.490 e. The van der Waals surface area contributed by atoms with Crippen LogP contribution in [-0.2, 0) is 4.79 Å². The number of amides is 1. The second kappa shape index (κ2) is 10.5. The van der Waals surface area contributed by atoms with E-state index in [1.807, 2.05) is 59.5 Å². The fraction of sp³-hybridized carbons (Fsp3) is 0.409. The normalized spacial score (nSPS) is 14.3. The average Bonchev–Trinajstić information content (AvgIpc) is 3.01. The monoisotopic (exact) mass is 368 g/mol. The van der Waals surface area contributed by atoms with Crippen LogP contribution in [0.4, 0.5) is 5.69 Å². The lowest BCUT2D eigenvalue weighted by Gasteiger charge is -2.20. The Morgan fingerprint density at radius 2 is 1.41 bits per heavy atom. The molecule has 1 saturated heterocycles. The van der Waals surface area contributed by atoms with E-state index in [2.05, 4.69) is 5.32 Å². The zero-order chi connectivity index (χ0) is 18.7. The van der Waals surface area contributed by atoms with Crippen molar-refractivity contribution in [2.75, 3.05) is 38.2 Å². The molecule has 5 heteroatoms. The van der Waals surface area contributed by atoms with Crippen molar-refractivity contribution in [2.24, 2.45) is 0 Å². The summed E-state index contributed by atoms with van der Waals surface area (Å²) in [5.41, 5.74) is 0.922. The van der Waals surface area contributed by atoms with Gasteiger partial charge in [-0.1, -0.05) is 31.0 Å². The number of ether oxygens (including phenoxy) is 2. The lowest BCUT2D eigenvalue weighted by atomic mass is 10.2. The lowest BCUT2D eigenvalue weighted by molar-refractivity contribution is -0.129. The molecule has 1 amide bonds. The fourth-order valence-corrected chi connectivity index (χ4v) is 3.11. The second-order valence-corrected chi connectivity index (χ2v) is 6.68. The second-order valence-electron chi connectivity index (χ2n) is 6.68. The number of nitrogens with zero attached hydrogens (tertiary/aromatic N) is 1. The van der Waals surface area contributed by atoms with Gasteiger partial charge in [-0.25, -0.2) is 0 Å². The van der Waals surface area contributed by atoms with E-state index >= 15 is 0 Å². The molecule has 0 aliphatic carbocycles. The van der Waals surface area contributed by atoms with Gasteiger partial charge in [-0.2, -0.15) is 0 Å². The van der Waals surface area contributed by atoms with E-state index in [1.54, 1.807) is 0 Å². The molecular weight excluding hydrogens is 340 g/mol. The molecule has 0 unspecified atom stereocenters. The third kappa shape index (κ3) is 6.51. The van der Waals surface area contributed by atoms with Crippen LogP contribution >= 0.6 is 0 Å². The van der Waals surface area contributed by atoms with Crippen LogP contribution in [-0.4, -0.2) is 43.7 Å². The molecule has 1 N–H and O–H groups in total. The molecule has 27 heavy (non-hydrogen) atoms. The van der Waals surface area contributed by atoms with E-state index in [0.29, 0.717) is 19.8 Å². The zero-order valence-corrected chi connectivity index (χ0v) is 15.7.